The van der Waals surface area contributed by atoms with Crippen molar-refractivity contribution in [2.24, 2.45) is 0 Å². The number of rotatable bonds is 4. The van der Waals surface area contributed by atoms with Crippen molar-refractivity contribution >= 4 is 18.3 Å². The van der Waals surface area contributed by atoms with Crippen molar-refractivity contribution in [3.8, 4) is 6.07 Å². The lowest BCUT2D eigenvalue weighted by Gasteiger charge is -2.29. The summed E-state index contributed by atoms with van der Waals surface area (Å²) in [6.07, 6.45) is 5.01. The first-order valence-electron chi connectivity index (χ1n) is 8.65. The smallest absolute Gasteiger partial charge is 0.237 e. The average molecular weight is 367 g/mol. The molecule has 0 bridgehead atoms. The first kappa shape index (κ1) is 19.6. The molecule has 1 saturated carbocycles. The standard InChI is InChI=1S/C18H23FN4O.ClH/c19-14-9-16(10-20)23(12-14)18(24)11-22-15-6-4-13(5-7-15)17-3-1-2-8-21-17;/h1-3,8,13-16,22H,4-7,9,11-12H2;1H/t13?,14-,15?,16-;/m0./s1. The monoisotopic (exact) mass is 366 g/mol. The van der Waals surface area contributed by atoms with Gasteiger partial charge in [0.15, 0.2) is 0 Å². The summed E-state index contributed by atoms with van der Waals surface area (Å²) in [6, 6.07) is 7.73. The molecule has 5 nitrogen and oxygen atoms in total. The van der Waals surface area contributed by atoms with Crippen molar-refractivity contribution in [2.75, 3.05) is 13.1 Å². The first-order chi connectivity index (χ1) is 11.7. The molecule has 2 aliphatic rings. The van der Waals surface area contributed by atoms with E-state index in [0.717, 1.165) is 31.4 Å². The number of hydrogen-bond acceptors (Lipinski definition) is 4. The van der Waals surface area contributed by atoms with Gasteiger partial charge in [-0.05, 0) is 37.8 Å². The third-order valence-electron chi connectivity index (χ3n) is 5.09. The minimum atomic E-state index is -1.08. The lowest BCUT2D eigenvalue weighted by atomic mass is 9.84. The van der Waals surface area contributed by atoms with E-state index in [1.807, 2.05) is 24.4 Å². The Morgan fingerprint density at radius 2 is 2.12 bits per heavy atom. The molecule has 136 valence electrons. The van der Waals surface area contributed by atoms with Crippen molar-refractivity contribution in [1.29, 1.82) is 5.26 Å². The second kappa shape index (κ2) is 9.12. The summed E-state index contributed by atoms with van der Waals surface area (Å²) in [4.78, 5) is 18.0. The number of carbonyl (C=O) groups is 1. The van der Waals surface area contributed by atoms with Crippen molar-refractivity contribution in [2.45, 2.75) is 56.3 Å². The fraction of sp³-hybridized carbons (Fsp3) is 0.611. The molecule has 0 spiro atoms. The van der Waals surface area contributed by atoms with Gasteiger partial charge in [-0.15, -0.1) is 12.4 Å². The molecule has 1 aliphatic carbocycles. The molecule has 0 radical (unpaired) electrons. The lowest BCUT2D eigenvalue weighted by molar-refractivity contribution is -0.130. The van der Waals surface area contributed by atoms with Crippen LogP contribution in [0.4, 0.5) is 4.39 Å². The third-order valence-corrected chi connectivity index (χ3v) is 5.09. The van der Waals surface area contributed by atoms with E-state index >= 15 is 0 Å². The molecule has 2 heterocycles. The molecule has 1 aliphatic heterocycles. The topological polar surface area (TPSA) is 69.0 Å². The van der Waals surface area contributed by atoms with Crippen molar-refractivity contribution in [1.82, 2.24) is 15.2 Å². The van der Waals surface area contributed by atoms with E-state index in [2.05, 4.69) is 16.4 Å². The number of aromatic nitrogens is 1. The summed E-state index contributed by atoms with van der Waals surface area (Å²) >= 11 is 0. The van der Waals surface area contributed by atoms with Crippen LogP contribution in [-0.4, -0.2) is 47.1 Å². The number of amides is 1. The second-order valence-electron chi connectivity index (χ2n) is 6.71. The van der Waals surface area contributed by atoms with Crippen LogP contribution in [0.1, 0.15) is 43.7 Å². The van der Waals surface area contributed by atoms with Gasteiger partial charge in [0.05, 0.1) is 19.2 Å². The van der Waals surface area contributed by atoms with Gasteiger partial charge in [0, 0.05) is 30.3 Å². The molecule has 2 atom stereocenters. The quantitative estimate of drug-likeness (QED) is 0.889. The Kier molecular flexibility index (Phi) is 7.15. The van der Waals surface area contributed by atoms with Crippen LogP contribution in [0, 0.1) is 11.3 Å². The van der Waals surface area contributed by atoms with Crippen LogP contribution in [0.15, 0.2) is 24.4 Å². The largest absolute Gasteiger partial charge is 0.323 e. The zero-order valence-corrected chi connectivity index (χ0v) is 14.9. The number of pyridine rings is 1. The minimum absolute atomic E-state index is 0. The highest BCUT2D eigenvalue weighted by Gasteiger charge is 2.35. The molecule has 25 heavy (non-hydrogen) atoms. The van der Waals surface area contributed by atoms with Gasteiger partial charge in [-0.25, -0.2) is 4.39 Å². The second-order valence-corrected chi connectivity index (χ2v) is 6.71. The highest BCUT2D eigenvalue weighted by molar-refractivity contribution is 5.85. The molecule has 3 rings (SSSR count). The molecule has 1 aromatic heterocycles. The Balaban J connectivity index is 0.00000225. The summed E-state index contributed by atoms with van der Waals surface area (Å²) in [5.41, 5.74) is 1.15. The highest BCUT2D eigenvalue weighted by Crippen LogP contribution is 2.31. The molecule has 2 fully saturated rings. The lowest BCUT2D eigenvalue weighted by Crippen LogP contribution is -2.44. The molecule has 0 unspecified atom stereocenters. The zero-order chi connectivity index (χ0) is 16.9. The average Bonchev–Trinajstić information content (AvgIpc) is 3.02. The Labute approximate surface area is 154 Å². The minimum Gasteiger partial charge on any atom is -0.323 e. The molecule has 7 heteroatoms. The van der Waals surface area contributed by atoms with Gasteiger partial charge in [0.2, 0.25) is 5.91 Å². The van der Waals surface area contributed by atoms with Gasteiger partial charge < -0.3 is 10.2 Å². The van der Waals surface area contributed by atoms with E-state index < -0.39 is 12.2 Å². The van der Waals surface area contributed by atoms with Gasteiger partial charge in [0.1, 0.15) is 12.2 Å². The third kappa shape index (κ3) is 4.90. The fourth-order valence-electron chi connectivity index (χ4n) is 3.73. The molecule has 1 saturated heterocycles. The maximum absolute atomic E-state index is 13.4. The van der Waals surface area contributed by atoms with Crippen molar-refractivity contribution in [3.63, 3.8) is 0 Å². The highest BCUT2D eigenvalue weighted by atomic mass is 35.5. The number of nitrogens with one attached hydrogen (secondary N) is 1. The Bertz CT molecular complexity index is 601. The van der Waals surface area contributed by atoms with Crippen LogP contribution in [0.25, 0.3) is 0 Å². The summed E-state index contributed by atoms with van der Waals surface area (Å²) < 4.78 is 13.4. The number of nitrogens with zero attached hydrogens (tertiary/aromatic N) is 3. The van der Waals surface area contributed by atoms with Gasteiger partial charge in [-0.2, -0.15) is 5.26 Å². The van der Waals surface area contributed by atoms with Crippen LogP contribution in [0.2, 0.25) is 0 Å². The van der Waals surface area contributed by atoms with Crippen LogP contribution in [0.3, 0.4) is 0 Å². The number of alkyl halides is 1. The van der Waals surface area contributed by atoms with Crippen LogP contribution < -0.4 is 5.32 Å². The summed E-state index contributed by atoms with van der Waals surface area (Å²) in [7, 11) is 0. The van der Waals surface area contributed by atoms with E-state index in [9.17, 15) is 9.18 Å². The van der Waals surface area contributed by atoms with E-state index in [1.165, 1.54) is 4.90 Å². The maximum Gasteiger partial charge on any atom is 0.237 e. The van der Waals surface area contributed by atoms with Gasteiger partial charge >= 0.3 is 0 Å². The van der Waals surface area contributed by atoms with Crippen LogP contribution in [0.5, 0.6) is 0 Å². The Morgan fingerprint density at radius 1 is 1.36 bits per heavy atom. The van der Waals surface area contributed by atoms with Crippen molar-refractivity contribution in [3.05, 3.63) is 30.1 Å². The van der Waals surface area contributed by atoms with Crippen LogP contribution >= 0.6 is 12.4 Å². The molecule has 0 aromatic carbocycles. The number of likely N-dealkylation sites (tertiary alicyclic amines) is 1. The molecule has 1 N–H and O–H groups in total. The van der Waals surface area contributed by atoms with E-state index in [-0.39, 0.29) is 37.8 Å². The molecule has 1 aromatic rings. The van der Waals surface area contributed by atoms with Gasteiger partial charge in [-0.3, -0.25) is 9.78 Å². The number of halogens is 2. The van der Waals surface area contributed by atoms with Gasteiger partial charge in [0.25, 0.3) is 0 Å². The number of hydrogen-bond donors (Lipinski definition) is 1. The predicted molar refractivity (Wildman–Crippen MR) is 95.1 cm³/mol. The van der Waals surface area contributed by atoms with Crippen molar-refractivity contribution < 1.29 is 9.18 Å². The zero-order valence-electron chi connectivity index (χ0n) is 14.1. The van der Waals surface area contributed by atoms with E-state index in [1.54, 1.807) is 0 Å². The first-order valence-corrected chi connectivity index (χ1v) is 8.65. The summed E-state index contributed by atoms with van der Waals surface area (Å²) in [5.74, 6) is 0.322. The Morgan fingerprint density at radius 3 is 2.76 bits per heavy atom. The normalized spacial score (nSPS) is 28.9. The predicted octanol–water partition coefficient (Wildman–Crippen LogP) is 2.58. The molecular formula is C18H24ClFN4O. The van der Waals surface area contributed by atoms with E-state index in [0.29, 0.717) is 12.0 Å². The summed E-state index contributed by atoms with van der Waals surface area (Å²) in [5, 5.41) is 12.3. The summed E-state index contributed by atoms with van der Waals surface area (Å²) in [6.45, 7) is 0.231. The maximum atomic E-state index is 13.4. The number of carbonyl (C=O) groups excluding carboxylic acids is 1. The Hall–Kier alpha value is -1.71. The SMILES string of the molecule is Cl.N#C[C@@H]1C[C@H](F)CN1C(=O)CNC1CCC(c2ccccn2)CC1. The number of nitriles is 1. The van der Waals surface area contributed by atoms with E-state index in [4.69, 9.17) is 5.26 Å². The fourth-order valence-corrected chi connectivity index (χ4v) is 3.73. The molecule has 1 amide bonds. The molecular weight excluding hydrogens is 343 g/mol. The van der Waals surface area contributed by atoms with Gasteiger partial charge in [-0.1, -0.05) is 6.07 Å². The van der Waals surface area contributed by atoms with Crippen LogP contribution in [-0.2, 0) is 4.79 Å².